The van der Waals surface area contributed by atoms with Crippen LogP contribution in [0.2, 0.25) is 0 Å². The van der Waals surface area contributed by atoms with Crippen LogP contribution in [-0.4, -0.2) is 30.7 Å². The molecule has 0 radical (unpaired) electrons. The molecule has 0 amide bonds. The highest BCUT2D eigenvalue weighted by atomic mass is 15.1. The minimum absolute atomic E-state index is 0.613. The van der Waals surface area contributed by atoms with Crippen LogP contribution < -0.4 is 10.2 Å². The molecule has 0 bridgehead atoms. The summed E-state index contributed by atoms with van der Waals surface area (Å²) < 4.78 is 0. The Kier molecular flexibility index (Phi) is 4.79. The fraction of sp³-hybridized carbons (Fsp3) is 0.722. The zero-order valence-corrected chi connectivity index (χ0v) is 13.4. The van der Waals surface area contributed by atoms with Crippen LogP contribution >= 0.6 is 0 Å². The van der Waals surface area contributed by atoms with E-state index < -0.39 is 0 Å². The van der Waals surface area contributed by atoms with Crippen LogP contribution in [0.5, 0.6) is 0 Å². The summed E-state index contributed by atoms with van der Waals surface area (Å²) >= 11 is 0. The maximum Gasteiger partial charge on any atom is 0.0397 e. The average Bonchev–Trinajstić information content (AvgIpc) is 3.04. The summed E-state index contributed by atoms with van der Waals surface area (Å²) in [5.74, 6) is 0. The first-order chi connectivity index (χ1) is 10.3. The normalized spacial score (nSPS) is 22.6. The largest absolute Gasteiger partial charge is 0.371 e. The van der Waals surface area contributed by atoms with E-state index in [1.54, 1.807) is 0 Å². The van der Waals surface area contributed by atoms with Gasteiger partial charge in [0.05, 0.1) is 0 Å². The van der Waals surface area contributed by atoms with Gasteiger partial charge in [-0.3, -0.25) is 4.98 Å². The predicted molar refractivity (Wildman–Crippen MR) is 88.7 cm³/mol. The molecule has 116 valence electrons. The van der Waals surface area contributed by atoms with Crippen molar-refractivity contribution in [1.82, 2.24) is 10.3 Å². The van der Waals surface area contributed by atoms with Gasteiger partial charge in [-0.25, -0.2) is 0 Å². The van der Waals surface area contributed by atoms with E-state index in [2.05, 4.69) is 34.3 Å². The van der Waals surface area contributed by atoms with Crippen molar-refractivity contribution >= 4 is 5.69 Å². The Morgan fingerprint density at radius 3 is 2.48 bits per heavy atom. The Morgan fingerprint density at radius 1 is 1.19 bits per heavy atom. The quantitative estimate of drug-likeness (QED) is 0.896. The second-order valence-electron chi connectivity index (χ2n) is 6.91. The standard InChI is InChI=1S/C18H29N3/c1-2-18(9-3-4-10-18)15-20-16-7-13-21(14-8-16)17-5-11-19-12-6-17/h5-6,11-12,16,20H,2-4,7-10,13-15H2,1H3. The molecular weight excluding hydrogens is 258 g/mol. The number of piperidine rings is 1. The molecule has 1 aromatic rings. The predicted octanol–water partition coefficient (Wildman–Crippen LogP) is 3.61. The van der Waals surface area contributed by atoms with Gasteiger partial charge in [0, 0.05) is 43.8 Å². The van der Waals surface area contributed by atoms with Gasteiger partial charge >= 0.3 is 0 Å². The third-order valence-corrected chi connectivity index (χ3v) is 5.70. The van der Waals surface area contributed by atoms with Crippen molar-refractivity contribution < 1.29 is 0 Å². The Hall–Kier alpha value is -1.09. The Balaban J connectivity index is 1.46. The molecule has 1 aromatic heterocycles. The maximum atomic E-state index is 4.11. The van der Waals surface area contributed by atoms with E-state index in [0.29, 0.717) is 11.5 Å². The summed E-state index contributed by atoms with van der Waals surface area (Å²) in [5.41, 5.74) is 1.94. The van der Waals surface area contributed by atoms with E-state index in [9.17, 15) is 0 Å². The van der Waals surface area contributed by atoms with E-state index in [0.717, 1.165) is 0 Å². The minimum atomic E-state index is 0.613. The third kappa shape index (κ3) is 3.57. The number of nitrogens with zero attached hydrogens (tertiary/aromatic N) is 2. The number of anilines is 1. The molecule has 2 fully saturated rings. The van der Waals surface area contributed by atoms with Crippen LogP contribution in [-0.2, 0) is 0 Å². The lowest BCUT2D eigenvalue weighted by Gasteiger charge is -2.36. The molecule has 1 saturated heterocycles. The first kappa shape index (κ1) is 14.8. The summed E-state index contributed by atoms with van der Waals surface area (Å²) in [6.45, 7) is 5.95. The smallest absolute Gasteiger partial charge is 0.0397 e. The number of rotatable bonds is 5. The Bertz CT molecular complexity index is 417. The third-order valence-electron chi connectivity index (χ3n) is 5.70. The van der Waals surface area contributed by atoms with Gasteiger partial charge in [-0.05, 0) is 49.7 Å². The van der Waals surface area contributed by atoms with Crippen molar-refractivity contribution in [1.29, 1.82) is 0 Å². The van der Waals surface area contributed by atoms with Gasteiger partial charge in [-0.2, -0.15) is 0 Å². The van der Waals surface area contributed by atoms with Crippen LogP contribution in [0.3, 0.4) is 0 Å². The Labute approximate surface area is 129 Å². The van der Waals surface area contributed by atoms with Crippen LogP contribution in [0.25, 0.3) is 0 Å². The lowest BCUT2D eigenvalue weighted by Crippen LogP contribution is -2.45. The molecule has 2 heterocycles. The molecule has 3 nitrogen and oxygen atoms in total. The van der Waals surface area contributed by atoms with Gasteiger partial charge in [0.25, 0.3) is 0 Å². The molecule has 2 aliphatic rings. The molecule has 0 atom stereocenters. The van der Waals surface area contributed by atoms with Gasteiger partial charge in [0.2, 0.25) is 0 Å². The highest BCUT2D eigenvalue weighted by molar-refractivity contribution is 5.44. The van der Waals surface area contributed by atoms with Crippen LogP contribution in [0, 0.1) is 5.41 Å². The molecule has 21 heavy (non-hydrogen) atoms. The van der Waals surface area contributed by atoms with E-state index >= 15 is 0 Å². The fourth-order valence-corrected chi connectivity index (χ4v) is 4.04. The van der Waals surface area contributed by atoms with Crippen molar-refractivity contribution in [3.05, 3.63) is 24.5 Å². The molecule has 1 aliphatic heterocycles. The molecule has 0 aromatic carbocycles. The lowest BCUT2D eigenvalue weighted by atomic mass is 9.83. The number of nitrogens with one attached hydrogen (secondary N) is 1. The van der Waals surface area contributed by atoms with Crippen molar-refractivity contribution in [3.8, 4) is 0 Å². The maximum absolute atomic E-state index is 4.11. The number of hydrogen-bond acceptors (Lipinski definition) is 3. The highest BCUT2D eigenvalue weighted by Gasteiger charge is 2.32. The van der Waals surface area contributed by atoms with E-state index in [-0.39, 0.29) is 0 Å². The van der Waals surface area contributed by atoms with Gasteiger partial charge in [-0.15, -0.1) is 0 Å². The summed E-state index contributed by atoms with van der Waals surface area (Å²) in [4.78, 5) is 6.60. The first-order valence-corrected chi connectivity index (χ1v) is 8.70. The van der Waals surface area contributed by atoms with Gasteiger partial charge < -0.3 is 10.2 Å². The Morgan fingerprint density at radius 2 is 1.86 bits per heavy atom. The SMILES string of the molecule is CCC1(CNC2CCN(c3ccncc3)CC2)CCCC1. The molecular formula is C18H29N3. The number of hydrogen-bond donors (Lipinski definition) is 1. The minimum Gasteiger partial charge on any atom is -0.371 e. The van der Waals surface area contributed by atoms with E-state index in [1.165, 1.54) is 70.3 Å². The molecule has 1 saturated carbocycles. The van der Waals surface area contributed by atoms with Crippen molar-refractivity contribution in [3.63, 3.8) is 0 Å². The van der Waals surface area contributed by atoms with Crippen LogP contribution in [0.4, 0.5) is 5.69 Å². The fourth-order valence-electron chi connectivity index (χ4n) is 4.04. The van der Waals surface area contributed by atoms with Gasteiger partial charge in [-0.1, -0.05) is 19.8 Å². The molecule has 3 heteroatoms. The molecule has 0 spiro atoms. The summed E-state index contributed by atoms with van der Waals surface area (Å²) in [5, 5.41) is 3.89. The van der Waals surface area contributed by atoms with Gasteiger partial charge in [0.1, 0.15) is 0 Å². The van der Waals surface area contributed by atoms with E-state index in [4.69, 9.17) is 0 Å². The molecule has 1 aliphatic carbocycles. The highest BCUT2D eigenvalue weighted by Crippen LogP contribution is 2.40. The molecule has 3 rings (SSSR count). The van der Waals surface area contributed by atoms with Crippen molar-refractivity contribution in [2.75, 3.05) is 24.5 Å². The van der Waals surface area contributed by atoms with Gasteiger partial charge in [0.15, 0.2) is 0 Å². The van der Waals surface area contributed by atoms with E-state index in [1.807, 2.05) is 12.4 Å². The van der Waals surface area contributed by atoms with Crippen LogP contribution in [0.15, 0.2) is 24.5 Å². The lowest BCUT2D eigenvalue weighted by molar-refractivity contribution is 0.246. The topological polar surface area (TPSA) is 28.2 Å². The second kappa shape index (κ2) is 6.78. The second-order valence-corrected chi connectivity index (χ2v) is 6.91. The number of aromatic nitrogens is 1. The zero-order chi connectivity index (χ0) is 14.5. The van der Waals surface area contributed by atoms with Crippen molar-refractivity contribution in [2.45, 2.75) is 57.9 Å². The number of pyridine rings is 1. The average molecular weight is 287 g/mol. The molecule has 0 unspecified atom stereocenters. The zero-order valence-electron chi connectivity index (χ0n) is 13.4. The molecule has 1 N–H and O–H groups in total. The van der Waals surface area contributed by atoms with Crippen molar-refractivity contribution in [2.24, 2.45) is 5.41 Å². The monoisotopic (exact) mass is 287 g/mol. The summed E-state index contributed by atoms with van der Waals surface area (Å²) in [6.07, 6.45) is 13.4. The summed E-state index contributed by atoms with van der Waals surface area (Å²) in [7, 11) is 0. The van der Waals surface area contributed by atoms with Crippen LogP contribution in [0.1, 0.15) is 51.9 Å². The first-order valence-electron chi connectivity index (χ1n) is 8.70. The summed E-state index contributed by atoms with van der Waals surface area (Å²) in [6, 6.07) is 4.96.